The monoisotopic (exact) mass is 229 g/mol. The van der Waals surface area contributed by atoms with Gasteiger partial charge in [-0.25, -0.2) is 9.38 Å². The summed E-state index contributed by atoms with van der Waals surface area (Å²) >= 11 is 5.48. The Bertz CT molecular complexity index is 425. The maximum atomic E-state index is 13.0. The van der Waals surface area contributed by atoms with Gasteiger partial charge in [0.1, 0.15) is 5.82 Å². The second-order valence-corrected chi connectivity index (χ2v) is 3.01. The molecule has 1 aromatic rings. The van der Waals surface area contributed by atoms with E-state index < -0.39 is 5.82 Å². The van der Waals surface area contributed by atoms with Crippen molar-refractivity contribution in [2.45, 2.75) is 0 Å². The number of nitrogens with zero attached hydrogens (tertiary/aromatic N) is 2. The molecule has 0 aromatic heterocycles. The molecule has 0 fully saturated rings. The molecule has 0 spiro atoms. The lowest BCUT2D eigenvalue weighted by Gasteiger charge is -1.97. The zero-order valence-electron chi connectivity index (χ0n) is 7.61. The van der Waals surface area contributed by atoms with E-state index in [9.17, 15) is 4.39 Å². The molecule has 0 aliphatic heterocycles. The van der Waals surface area contributed by atoms with Crippen LogP contribution < -0.4 is 17.2 Å². The quantitative estimate of drug-likeness (QED) is 0.488. The Balaban J connectivity index is 2.99. The van der Waals surface area contributed by atoms with Crippen LogP contribution >= 0.6 is 11.6 Å². The van der Waals surface area contributed by atoms with Crippen LogP contribution in [0.5, 0.6) is 0 Å². The Morgan fingerprint density at radius 3 is 2.47 bits per heavy atom. The van der Waals surface area contributed by atoms with E-state index in [1.165, 1.54) is 12.1 Å². The maximum absolute atomic E-state index is 13.0. The first-order chi connectivity index (χ1) is 6.99. The molecule has 5 nitrogen and oxygen atoms in total. The Morgan fingerprint density at radius 1 is 1.27 bits per heavy atom. The molecule has 0 amide bonds. The van der Waals surface area contributed by atoms with Crippen LogP contribution in [0.2, 0.25) is 5.02 Å². The van der Waals surface area contributed by atoms with E-state index >= 15 is 0 Å². The molecule has 7 heteroatoms. The van der Waals surface area contributed by atoms with Gasteiger partial charge in [0.2, 0.25) is 5.96 Å². The molecule has 80 valence electrons. The second kappa shape index (κ2) is 4.61. The van der Waals surface area contributed by atoms with Crippen molar-refractivity contribution in [2.75, 3.05) is 0 Å². The number of halogens is 2. The van der Waals surface area contributed by atoms with Gasteiger partial charge < -0.3 is 17.2 Å². The smallest absolute Gasteiger partial charge is 0.223 e. The van der Waals surface area contributed by atoms with Crippen LogP contribution in [0.4, 0.5) is 10.1 Å². The Kier molecular flexibility index (Phi) is 3.46. The third kappa shape index (κ3) is 3.43. The second-order valence-electron chi connectivity index (χ2n) is 2.61. The highest BCUT2D eigenvalue weighted by Gasteiger charge is 2.00. The minimum atomic E-state index is -0.588. The van der Waals surface area contributed by atoms with Gasteiger partial charge in [-0.05, 0) is 12.1 Å². The Labute approximate surface area is 90.4 Å². The highest BCUT2D eigenvalue weighted by atomic mass is 35.5. The molecule has 0 bridgehead atoms. The van der Waals surface area contributed by atoms with E-state index in [0.717, 1.165) is 6.07 Å². The third-order valence-electron chi connectivity index (χ3n) is 1.39. The summed E-state index contributed by atoms with van der Waals surface area (Å²) in [6.45, 7) is 0. The summed E-state index contributed by atoms with van der Waals surface area (Å²) in [5.41, 5.74) is 15.8. The lowest BCUT2D eigenvalue weighted by molar-refractivity contribution is 0.628. The number of hydrogen-bond acceptors (Lipinski definition) is 1. The fourth-order valence-electron chi connectivity index (χ4n) is 0.844. The van der Waals surface area contributed by atoms with E-state index in [4.69, 9.17) is 28.8 Å². The third-order valence-corrected chi connectivity index (χ3v) is 1.70. The van der Waals surface area contributed by atoms with Crippen LogP contribution in [0.1, 0.15) is 0 Å². The van der Waals surface area contributed by atoms with Crippen LogP contribution in [0.15, 0.2) is 28.2 Å². The first-order valence-electron chi connectivity index (χ1n) is 3.88. The Morgan fingerprint density at radius 2 is 1.93 bits per heavy atom. The summed E-state index contributed by atoms with van der Waals surface area (Å²) in [7, 11) is 0. The fourth-order valence-corrected chi connectivity index (χ4v) is 0.962. The Hall–Kier alpha value is -1.82. The predicted octanol–water partition coefficient (Wildman–Crippen LogP) is 0.699. The van der Waals surface area contributed by atoms with Gasteiger partial charge in [0.15, 0.2) is 5.96 Å². The van der Waals surface area contributed by atoms with Gasteiger partial charge in [0.05, 0.1) is 10.7 Å². The van der Waals surface area contributed by atoms with Crippen LogP contribution in [-0.2, 0) is 0 Å². The minimum absolute atomic E-state index is 0.00867. The zero-order valence-corrected chi connectivity index (χ0v) is 8.37. The van der Waals surface area contributed by atoms with E-state index in [-0.39, 0.29) is 22.6 Å². The van der Waals surface area contributed by atoms with E-state index in [1.54, 1.807) is 0 Å². The summed E-state index contributed by atoms with van der Waals surface area (Å²) in [6.07, 6.45) is 0. The fraction of sp³-hybridized carbons (Fsp3) is 0. The van der Waals surface area contributed by atoms with Crippen molar-refractivity contribution >= 4 is 29.2 Å². The molecule has 0 radical (unpaired) electrons. The molecule has 0 unspecified atom stereocenters. The predicted molar refractivity (Wildman–Crippen MR) is 58.5 cm³/mol. The number of hydrogen-bond donors (Lipinski definition) is 3. The number of rotatable bonds is 1. The van der Waals surface area contributed by atoms with Crippen LogP contribution in [0.3, 0.4) is 0 Å². The topological polar surface area (TPSA) is 103 Å². The number of nitrogens with two attached hydrogens (primary N) is 3. The summed E-state index contributed by atoms with van der Waals surface area (Å²) in [5.74, 6) is -0.960. The SMILES string of the molecule is NC(N)=NC(N)=Nc1ccc(Cl)c(F)c1. The molecular weight excluding hydrogens is 221 g/mol. The highest BCUT2D eigenvalue weighted by molar-refractivity contribution is 6.30. The molecule has 6 N–H and O–H groups in total. The lowest BCUT2D eigenvalue weighted by atomic mass is 10.3. The molecule has 0 saturated heterocycles. The van der Waals surface area contributed by atoms with E-state index in [2.05, 4.69) is 9.98 Å². The zero-order chi connectivity index (χ0) is 11.4. The summed E-state index contributed by atoms with van der Waals surface area (Å²) in [6, 6.07) is 3.97. The van der Waals surface area contributed by atoms with E-state index in [1.807, 2.05) is 0 Å². The first-order valence-corrected chi connectivity index (χ1v) is 4.25. The largest absolute Gasteiger partial charge is 0.370 e. The van der Waals surface area contributed by atoms with Gasteiger partial charge >= 0.3 is 0 Å². The van der Waals surface area contributed by atoms with Gasteiger partial charge in [0, 0.05) is 6.07 Å². The van der Waals surface area contributed by atoms with Crippen molar-refractivity contribution in [1.82, 2.24) is 0 Å². The molecule has 0 aliphatic rings. The molecule has 1 rings (SSSR count). The average molecular weight is 230 g/mol. The molecule has 0 aliphatic carbocycles. The standard InChI is InChI=1S/C8H9ClFN5/c9-5-2-1-4(3-6(5)10)14-8(13)15-7(11)12/h1-3H,(H6,11,12,13,14,15). The normalized spacial score (nSPS) is 11.2. The minimum Gasteiger partial charge on any atom is -0.370 e. The van der Waals surface area contributed by atoms with E-state index in [0.29, 0.717) is 0 Å². The van der Waals surface area contributed by atoms with Gasteiger partial charge in [-0.2, -0.15) is 4.99 Å². The van der Waals surface area contributed by atoms with Crippen molar-refractivity contribution in [3.63, 3.8) is 0 Å². The first kappa shape index (κ1) is 11.3. The summed E-state index contributed by atoms with van der Waals surface area (Å²) in [4.78, 5) is 7.22. The summed E-state index contributed by atoms with van der Waals surface area (Å²) < 4.78 is 13.0. The molecule has 0 saturated carbocycles. The van der Waals surface area contributed by atoms with Crippen LogP contribution in [-0.4, -0.2) is 11.9 Å². The van der Waals surface area contributed by atoms with Crippen LogP contribution in [0, 0.1) is 5.82 Å². The summed E-state index contributed by atoms with van der Waals surface area (Å²) in [5, 5.41) is 0.00867. The van der Waals surface area contributed by atoms with Gasteiger partial charge in [-0.1, -0.05) is 11.6 Å². The van der Waals surface area contributed by atoms with Gasteiger partial charge in [-0.15, -0.1) is 0 Å². The molecule has 1 aromatic carbocycles. The van der Waals surface area contributed by atoms with Crippen molar-refractivity contribution in [1.29, 1.82) is 0 Å². The molecule has 0 atom stereocenters. The van der Waals surface area contributed by atoms with Crippen molar-refractivity contribution < 1.29 is 4.39 Å². The maximum Gasteiger partial charge on any atom is 0.223 e. The highest BCUT2D eigenvalue weighted by Crippen LogP contribution is 2.20. The van der Waals surface area contributed by atoms with Crippen molar-refractivity contribution in [3.05, 3.63) is 29.0 Å². The number of aliphatic imine (C=N–C) groups is 2. The molecule has 0 heterocycles. The van der Waals surface area contributed by atoms with Gasteiger partial charge in [0.25, 0.3) is 0 Å². The number of guanidine groups is 2. The van der Waals surface area contributed by atoms with Crippen molar-refractivity contribution in [3.8, 4) is 0 Å². The molecule has 15 heavy (non-hydrogen) atoms. The van der Waals surface area contributed by atoms with Crippen molar-refractivity contribution in [2.24, 2.45) is 27.2 Å². The average Bonchev–Trinajstić information content (AvgIpc) is 2.10. The van der Waals surface area contributed by atoms with Crippen LogP contribution in [0.25, 0.3) is 0 Å². The number of benzene rings is 1. The lowest BCUT2D eigenvalue weighted by Crippen LogP contribution is -2.26. The van der Waals surface area contributed by atoms with Gasteiger partial charge in [-0.3, -0.25) is 0 Å². The molecular formula is C8H9ClFN5.